The van der Waals surface area contributed by atoms with E-state index < -0.39 is 24.5 Å². The zero-order valence-corrected chi connectivity index (χ0v) is 14.0. The van der Waals surface area contributed by atoms with Crippen molar-refractivity contribution in [3.05, 3.63) is 0 Å². The molecule has 0 aromatic carbocycles. The second-order valence-electron chi connectivity index (χ2n) is 7.06. The number of carbonyl (C=O) groups is 2. The summed E-state index contributed by atoms with van der Waals surface area (Å²) in [7, 11) is 0. The van der Waals surface area contributed by atoms with Gasteiger partial charge in [-0.25, -0.2) is 4.79 Å². The number of amides is 3. The lowest BCUT2D eigenvalue weighted by molar-refractivity contribution is -0.162. The molecule has 0 spiro atoms. The fourth-order valence-corrected chi connectivity index (χ4v) is 3.86. The van der Waals surface area contributed by atoms with Gasteiger partial charge in [0.1, 0.15) is 6.42 Å². The van der Waals surface area contributed by atoms with Crippen molar-refractivity contribution in [1.29, 1.82) is 0 Å². The highest BCUT2D eigenvalue weighted by Crippen LogP contribution is 2.31. The SMILES string of the molecule is C[C@H]1CC[C@H](N(C(N)=O)C2CCN(C(=O)CC(F)(F)F)CC2)CC1. The van der Waals surface area contributed by atoms with Crippen LogP contribution >= 0.6 is 0 Å². The molecule has 0 atom stereocenters. The average molecular weight is 349 g/mol. The Bertz CT molecular complexity index is 454. The zero-order valence-electron chi connectivity index (χ0n) is 14.0. The summed E-state index contributed by atoms with van der Waals surface area (Å²) < 4.78 is 37.0. The molecule has 3 amide bonds. The summed E-state index contributed by atoms with van der Waals surface area (Å²) in [5, 5.41) is 0. The molecule has 1 aliphatic heterocycles. The smallest absolute Gasteiger partial charge is 0.351 e. The molecule has 1 saturated carbocycles. The highest BCUT2D eigenvalue weighted by atomic mass is 19.4. The number of halogens is 3. The van der Waals surface area contributed by atoms with Crippen molar-refractivity contribution >= 4 is 11.9 Å². The van der Waals surface area contributed by atoms with E-state index in [1.54, 1.807) is 4.90 Å². The van der Waals surface area contributed by atoms with E-state index in [4.69, 9.17) is 5.73 Å². The van der Waals surface area contributed by atoms with E-state index in [-0.39, 0.29) is 25.2 Å². The van der Waals surface area contributed by atoms with Gasteiger partial charge in [-0.1, -0.05) is 6.92 Å². The number of nitrogens with zero attached hydrogens (tertiary/aromatic N) is 2. The maximum absolute atomic E-state index is 12.3. The number of rotatable bonds is 3. The van der Waals surface area contributed by atoms with Gasteiger partial charge < -0.3 is 15.5 Å². The van der Waals surface area contributed by atoms with Crippen molar-refractivity contribution < 1.29 is 22.8 Å². The first-order chi connectivity index (χ1) is 11.2. The van der Waals surface area contributed by atoms with E-state index in [1.165, 1.54) is 4.90 Å². The molecule has 2 fully saturated rings. The maximum atomic E-state index is 12.3. The van der Waals surface area contributed by atoms with Gasteiger partial charge >= 0.3 is 12.2 Å². The Balaban J connectivity index is 1.91. The Morgan fingerprint density at radius 1 is 1.04 bits per heavy atom. The minimum absolute atomic E-state index is 0.0872. The largest absolute Gasteiger partial charge is 0.397 e. The highest BCUT2D eigenvalue weighted by Gasteiger charge is 2.37. The number of urea groups is 1. The van der Waals surface area contributed by atoms with Crippen LogP contribution in [0.15, 0.2) is 0 Å². The Kier molecular flexibility index (Phi) is 5.98. The molecule has 2 aliphatic rings. The van der Waals surface area contributed by atoms with Crippen LogP contribution in [-0.4, -0.2) is 53.1 Å². The Hall–Kier alpha value is -1.47. The van der Waals surface area contributed by atoms with Crippen LogP contribution in [0.3, 0.4) is 0 Å². The summed E-state index contributed by atoms with van der Waals surface area (Å²) in [5.74, 6) is -0.240. The molecule has 24 heavy (non-hydrogen) atoms. The van der Waals surface area contributed by atoms with Gasteiger partial charge in [-0.2, -0.15) is 13.2 Å². The predicted octanol–water partition coefficient (Wildman–Crippen LogP) is 2.89. The Morgan fingerprint density at radius 3 is 2.00 bits per heavy atom. The van der Waals surface area contributed by atoms with Crippen LogP contribution in [-0.2, 0) is 4.79 Å². The van der Waals surface area contributed by atoms with Crippen molar-refractivity contribution in [3.8, 4) is 0 Å². The fourth-order valence-electron chi connectivity index (χ4n) is 3.86. The van der Waals surface area contributed by atoms with E-state index in [2.05, 4.69) is 6.92 Å². The molecule has 0 radical (unpaired) electrons. The number of primary amides is 1. The third-order valence-electron chi connectivity index (χ3n) is 5.20. The highest BCUT2D eigenvalue weighted by molar-refractivity contribution is 5.77. The summed E-state index contributed by atoms with van der Waals surface area (Å²) in [6, 6.07) is -0.438. The molecule has 1 heterocycles. The quantitative estimate of drug-likeness (QED) is 0.851. The zero-order chi connectivity index (χ0) is 17.9. The normalized spacial score (nSPS) is 26.2. The lowest BCUT2D eigenvalue weighted by atomic mass is 9.85. The van der Waals surface area contributed by atoms with Crippen LogP contribution < -0.4 is 5.73 Å². The number of carbonyl (C=O) groups excluding carboxylic acids is 2. The Morgan fingerprint density at radius 2 is 1.54 bits per heavy atom. The van der Waals surface area contributed by atoms with Gasteiger partial charge in [-0.15, -0.1) is 0 Å². The topological polar surface area (TPSA) is 66.6 Å². The monoisotopic (exact) mass is 349 g/mol. The van der Waals surface area contributed by atoms with E-state index >= 15 is 0 Å². The van der Waals surface area contributed by atoms with Crippen molar-refractivity contribution in [2.45, 2.75) is 70.1 Å². The molecule has 8 heteroatoms. The number of likely N-dealkylation sites (tertiary alicyclic amines) is 1. The maximum Gasteiger partial charge on any atom is 0.397 e. The number of hydrogen-bond donors (Lipinski definition) is 1. The molecule has 138 valence electrons. The lowest BCUT2D eigenvalue weighted by Crippen LogP contribution is -2.55. The summed E-state index contributed by atoms with van der Waals surface area (Å²) in [5.41, 5.74) is 5.57. The van der Waals surface area contributed by atoms with E-state index in [9.17, 15) is 22.8 Å². The van der Waals surface area contributed by atoms with Crippen molar-refractivity contribution in [3.63, 3.8) is 0 Å². The third kappa shape index (κ3) is 5.01. The van der Waals surface area contributed by atoms with Crippen LogP contribution in [0.4, 0.5) is 18.0 Å². The summed E-state index contributed by atoms with van der Waals surface area (Å²) in [6.07, 6.45) is -0.996. The van der Waals surface area contributed by atoms with Crippen LogP contribution in [0, 0.1) is 5.92 Å². The van der Waals surface area contributed by atoms with Crippen LogP contribution in [0.25, 0.3) is 0 Å². The van der Waals surface area contributed by atoms with Crippen LogP contribution in [0.2, 0.25) is 0 Å². The molecular weight excluding hydrogens is 323 g/mol. The van der Waals surface area contributed by atoms with Gasteiger partial charge in [-0.05, 0) is 44.4 Å². The van der Waals surface area contributed by atoms with Crippen molar-refractivity contribution in [1.82, 2.24) is 9.80 Å². The minimum Gasteiger partial charge on any atom is -0.351 e. The summed E-state index contributed by atoms with van der Waals surface area (Å²) in [6.45, 7) is 2.68. The molecule has 0 aromatic heterocycles. The minimum atomic E-state index is -4.48. The number of piperidine rings is 1. The first-order valence-corrected chi connectivity index (χ1v) is 8.59. The van der Waals surface area contributed by atoms with Crippen molar-refractivity contribution in [2.24, 2.45) is 11.7 Å². The van der Waals surface area contributed by atoms with Crippen LogP contribution in [0.5, 0.6) is 0 Å². The predicted molar refractivity (Wildman–Crippen MR) is 83.1 cm³/mol. The summed E-state index contributed by atoms with van der Waals surface area (Å²) >= 11 is 0. The molecule has 0 bridgehead atoms. The summed E-state index contributed by atoms with van der Waals surface area (Å²) in [4.78, 5) is 26.5. The lowest BCUT2D eigenvalue weighted by Gasteiger charge is -2.43. The second-order valence-corrected chi connectivity index (χ2v) is 7.06. The van der Waals surface area contributed by atoms with Crippen LogP contribution in [0.1, 0.15) is 51.9 Å². The first kappa shape index (κ1) is 18.9. The first-order valence-electron chi connectivity index (χ1n) is 8.59. The van der Waals surface area contributed by atoms with Gasteiger partial charge in [0.15, 0.2) is 0 Å². The molecule has 1 aliphatic carbocycles. The molecule has 0 aromatic rings. The van der Waals surface area contributed by atoms with Gasteiger partial charge in [-0.3, -0.25) is 4.79 Å². The standard InChI is InChI=1S/C16H26F3N3O2/c1-11-2-4-12(5-3-11)22(15(20)24)13-6-8-21(9-7-13)14(23)10-16(17,18)19/h11-13H,2-10H2,1H3,(H2,20,24)/t11-,12-. The van der Waals surface area contributed by atoms with Gasteiger partial charge in [0, 0.05) is 25.2 Å². The molecule has 0 unspecified atom stereocenters. The van der Waals surface area contributed by atoms with E-state index in [0.717, 1.165) is 25.7 Å². The van der Waals surface area contributed by atoms with Gasteiger partial charge in [0.05, 0.1) is 0 Å². The van der Waals surface area contributed by atoms with E-state index in [0.29, 0.717) is 18.8 Å². The third-order valence-corrected chi connectivity index (χ3v) is 5.20. The number of alkyl halides is 3. The van der Waals surface area contributed by atoms with E-state index in [1.807, 2.05) is 0 Å². The molecule has 2 rings (SSSR count). The van der Waals surface area contributed by atoms with Crippen molar-refractivity contribution in [2.75, 3.05) is 13.1 Å². The van der Waals surface area contributed by atoms with Gasteiger partial charge in [0.25, 0.3) is 0 Å². The molecular formula is C16H26F3N3O2. The molecule has 5 nitrogen and oxygen atoms in total. The number of hydrogen-bond acceptors (Lipinski definition) is 2. The molecule has 1 saturated heterocycles. The Labute approximate surface area is 140 Å². The fraction of sp³-hybridized carbons (Fsp3) is 0.875. The average Bonchev–Trinajstić information content (AvgIpc) is 2.48. The van der Waals surface area contributed by atoms with Gasteiger partial charge in [0.2, 0.25) is 5.91 Å². The second kappa shape index (κ2) is 7.61. The molecule has 2 N–H and O–H groups in total. The number of nitrogens with two attached hydrogens (primary N) is 1.